The first kappa shape index (κ1) is 23.2. The molecule has 3 aromatic rings. The number of aryl methyl sites for hydroxylation is 1. The molecule has 3 aromatic carbocycles. The number of hydrogen-bond donors (Lipinski definition) is 1. The number of anilines is 1. The van der Waals surface area contributed by atoms with Gasteiger partial charge >= 0.3 is 6.03 Å². The number of nitrogens with zero attached hydrogens (tertiary/aromatic N) is 1. The minimum Gasteiger partial charge on any atom is -0.488 e. The molecule has 6 nitrogen and oxygen atoms in total. The molecule has 1 fully saturated rings. The average Bonchev–Trinajstić information content (AvgIpc) is 2.82. The second-order valence-electron chi connectivity index (χ2n) is 7.50. The number of ether oxygens (including phenoxy) is 1. The molecule has 0 atom stereocenters. The number of imide groups is 2. The summed E-state index contributed by atoms with van der Waals surface area (Å²) < 4.78 is 19.8. The highest BCUT2D eigenvalue weighted by atomic mass is 35.5. The van der Waals surface area contributed by atoms with E-state index < -0.39 is 23.7 Å². The smallest absolute Gasteiger partial charge is 0.335 e. The number of carbonyl (C=O) groups excluding carboxylic acids is 3. The van der Waals surface area contributed by atoms with Crippen molar-refractivity contribution in [2.24, 2.45) is 0 Å². The number of barbiturate groups is 1. The van der Waals surface area contributed by atoms with Crippen LogP contribution in [0.1, 0.15) is 23.6 Å². The van der Waals surface area contributed by atoms with Crippen molar-refractivity contribution in [2.45, 2.75) is 20.0 Å². The summed E-state index contributed by atoms with van der Waals surface area (Å²) in [6.07, 6.45) is 1.90. The molecule has 1 aliphatic heterocycles. The van der Waals surface area contributed by atoms with Gasteiger partial charge in [0.2, 0.25) is 0 Å². The summed E-state index contributed by atoms with van der Waals surface area (Å²) in [4.78, 5) is 39.4. The first-order valence-electron chi connectivity index (χ1n) is 10.5. The van der Waals surface area contributed by atoms with Crippen LogP contribution >= 0.6 is 11.6 Å². The van der Waals surface area contributed by atoms with Gasteiger partial charge in [0.1, 0.15) is 23.7 Å². The van der Waals surface area contributed by atoms with Crippen molar-refractivity contribution in [1.29, 1.82) is 0 Å². The molecule has 4 rings (SSSR count). The topological polar surface area (TPSA) is 75.7 Å². The van der Waals surface area contributed by atoms with E-state index in [-0.39, 0.29) is 17.9 Å². The fourth-order valence-electron chi connectivity index (χ4n) is 3.59. The molecule has 0 bridgehead atoms. The van der Waals surface area contributed by atoms with Crippen molar-refractivity contribution in [2.75, 3.05) is 4.90 Å². The van der Waals surface area contributed by atoms with E-state index in [4.69, 9.17) is 16.3 Å². The van der Waals surface area contributed by atoms with Gasteiger partial charge in [-0.15, -0.1) is 0 Å². The lowest BCUT2D eigenvalue weighted by Gasteiger charge is -2.28. The van der Waals surface area contributed by atoms with E-state index in [9.17, 15) is 18.8 Å². The average molecular weight is 479 g/mol. The second-order valence-corrected chi connectivity index (χ2v) is 7.94. The van der Waals surface area contributed by atoms with E-state index in [2.05, 4.69) is 5.32 Å². The van der Waals surface area contributed by atoms with Crippen molar-refractivity contribution in [3.05, 3.63) is 99.8 Å². The number of rotatable bonds is 6. The van der Waals surface area contributed by atoms with Crippen LogP contribution in [0.3, 0.4) is 0 Å². The maximum absolute atomic E-state index is 14.0. The number of nitrogens with one attached hydrogen (secondary N) is 1. The summed E-state index contributed by atoms with van der Waals surface area (Å²) in [5, 5.41) is 2.56. The molecule has 1 aliphatic rings. The molecule has 1 saturated heterocycles. The Balaban J connectivity index is 1.70. The normalized spacial score (nSPS) is 15.0. The molecule has 0 saturated carbocycles. The molecular weight excluding hydrogens is 459 g/mol. The van der Waals surface area contributed by atoms with Gasteiger partial charge in [-0.25, -0.2) is 14.1 Å². The van der Waals surface area contributed by atoms with E-state index in [0.717, 1.165) is 10.5 Å². The Bertz CT molecular complexity index is 1320. The maximum Gasteiger partial charge on any atom is 0.335 e. The van der Waals surface area contributed by atoms with Crippen LogP contribution in [0.25, 0.3) is 6.08 Å². The van der Waals surface area contributed by atoms with Gasteiger partial charge in [0.25, 0.3) is 11.8 Å². The SMILES string of the molecule is CCc1ccccc1N1C(=O)NC(=O)/C(=C/c2cc(Cl)ccc2OCc2ccccc2F)C1=O. The Morgan fingerprint density at radius 2 is 1.71 bits per heavy atom. The fraction of sp³-hybridized carbons (Fsp3) is 0.115. The largest absolute Gasteiger partial charge is 0.488 e. The summed E-state index contributed by atoms with van der Waals surface area (Å²) in [5.74, 6) is -1.73. The number of benzene rings is 3. The van der Waals surface area contributed by atoms with Gasteiger partial charge in [-0.05, 0) is 48.4 Å². The van der Waals surface area contributed by atoms with E-state index in [1.54, 1.807) is 48.5 Å². The highest BCUT2D eigenvalue weighted by Gasteiger charge is 2.37. The molecule has 0 radical (unpaired) electrons. The van der Waals surface area contributed by atoms with Gasteiger partial charge < -0.3 is 4.74 Å². The van der Waals surface area contributed by atoms with Crippen LogP contribution in [0, 0.1) is 5.82 Å². The maximum atomic E-state index is 14.0. The number of amides is 4. The standard InChI is InChI=1S/C26H20ClFN2O4/c1-2-16-7-4-6-10-22(16)30-25(32)20(24(31)29-26(30)33)14-18-13-19(27)11-12-23(18)34-15-17-8-3-5-9-21(17)28/h3-14H,2,15H2,1H3,(H,29,31,33)/b20-14-. The van der Waals surface area contributed by atoms with Crippen molar-refractivity contribution in [1.82, 2.24) is 5.32 Å². The molecule has 1 heterocycles. The number of para-hydroxylation sites is 1. The predicted octanol–water partition coefficient (Wildman–Crippen LogP) is 5.29. The third-order valence-electron chi connectivity index (χ3n) is 5.33. The van der Waals surface area contributed by atoms with Crippen LogP contribution in [0.5, 0.6) is 5.75 Å². The van der Waals surface area contributed by atoms with Gasteiger partial charge in [-0.2, -0.15) is 0 Å². The third-order valence-corrected chi connectivity index (χ3v) is 5.56. The van der Waals surface area contributed by atoms with Crippen LogP contribution in [-0.2, 0) is 22.6 Å². The van der Waals surface area contributed by atoms with Crippen molar-refractivity contribution < 1.29 is 23.5 Å². The lowest BCUT2D eigenvalue weighted by Crippen LogP contribution is -2.54. The van der Waals surface area contributed by atoms with Crippen LogP contribution in [0.2, 0.25) is 5.02 Å². The van der Waals surface area contributed by atoms with E-state index in [0.29, 0.717) is 28.3 Å². The predicted molar refractivity (Wildman–Crippen MR) is 127 cm³/mol. The second kappa shape index (κ2) is 9.89. The van der Waals surface area contributed by atoms with Crippen molar-refractivity contribution in [3.8, 4) is 5.75 Å². The molecule has 0 spiro atoms. The van der Waals surface area contributed by atoms with Gasteiger partial charge in [0.05, 0.1) is 5.69 Å². The van der Waals surface area contributed by atoms with Crippen LogP contribution in [-0.4, -0.2) is 17.8 Å². The van der Waals surface area contributed by atoms with Gasteiger partial charge in [-0.1, -0.05) is 54.9 Å². The van der Waals surface area contributed by atoms with E-state index in [1.165, 1.54) is 18.2 Å². The minimum atomic E-state index is -0.833. The Kier molecular flexibility index (Phi) is 6.75. The summed E-state index contributed by atoms with van der Waals surface area (Å²) >= 11 is 6.14. The molecule has 34 heavy (non-hydrogen) atoms. The van der Waals surface area contributed by atoms with Gasteiger partial charge in [0.15, 0.2) is 0 Å². The third kappa shape index (κ3) is 4.70. The zero-order chi connectivity index (χ0) is 24.2. The van der Waals surface area contributed by atoms with Crippen LogP contribution in [0.4, 0.5) is 14.9 Å². The van der Waals surface area contributed by atoms with Crippen molar-refractivity contribution in [3.63, 3.8) is 0 Å². The van der Waals surface area contributed by atoms with Crippen LogP contribution < -0.4 is 15.0 Å². The Labute approximate surface area is 200 Å². The van der Waals surface area contributed by atoms with Crippen LogP contribution in [0.15, 0.2) is 72.3 Å². The van der Waals surface area contributed by atoms with E-state index in [1.807, 2.05) is 13.0 Å². The number of hydrogen-bond acceptors (Lipinski definition) is 4. The Morgan fingerprint density at radius 3 is 2.44 bits per heavy atom. The summed E-state index contributed by atoms with van der Waals surface area (Å²) in [7, 11) is 0. The fourth-order valence-corrected chi connectivity index (χ4v) is 3.77. The molecule has 1 N–H and O–H groups in total. The molecule has 0 unspecified atom stereocenters. The molecule has 4 amide bonds. The minimum absolute atomic E-state index is 0.0703. The zero-order valence-electron chi connectivity index (χ0n) is 18.2. The lowest BCUT2D eigenvalue weighted by molar-refractivity contribution is -0.122. The zero-order valence-corrected chi connectivity index (χ0v) is 18.9. The number of carbonyl (C=O) groups is 3. The highest BCUT2D eigenvalue weighted by Crippen LogP contribution is 2.30. The van der Waals surface area contributed by atoms with Crippen molar-refractivity contribution >= 4 is 41.2 Å². The highest BCUT2D eigenvalue weighted by molar-refractivity contribution is 6.39. The Hall–Kier alpha value is -3.97. The molecular formula is C26H20ClFN2O4. The molecule has 172 valence electrons. The first-order chi connectivity index (χ1) is 16.4. The quantitative estimate of drug-likeness (QED) is 0.386. The molecule has 0 aromatic heterocycles. The number of halogens is 2. The number of urea groups is 1. The van der Waals surface area contributed by atoms with Gasteiger partial charge in [0, 0.05) is 16.1 Å². The Morgan fingerprint density at radius 1 is 1.00 bits per heavy atom. The summed E-state index contributed by atoms with van der Waals surface area (Å²) in [5.41, 5.74) is 1.59. The molecule has 0 aliphatic carbocycles. The van der Waals surface area contributed by atoms with Gasteiger partial charge in [-0.3, -0.25) is 14.9 Å². The summed E-state index contributed by atoms with van der Waals surface area (Å²) in [6, 6.07) is 17.0. The lowest BCUT2D eigenvalue weighted by atomic mass is 10.0. The monoisotopic (exact) mass is 478 g/mol. The van der Waals surface area contributed by atoms with E-state index >= 15 is 0 Å². The summed E-state index contributed by atoms with van der Waals surface area (Å²) in [6.45, 7) is 1.83. The molecule has 8 heteroatoms. The first-order valence-corrected chi connectivity index (χ1v) is 10.9.